The highest BCUT2D eigenvalue weighted by Gasteiger charge is 2.28. The third kappa shape index (κ3) is 2.90. The van der Waals surface area contributed by atoms with Crippen molar-refractivity contribution in [3.05, 3.63) is 28.8 Å². The summed E-state index contributed by atoms with van der Waals surface area (Å²) >= 11 is 6.43. The number of benzene rings is 1. The molecule has 0 bridgehead atoms. The molecule has 1 aromatic carbocycles. The molecule has 104 valence electrons. The Hall–Kier alpha value is -0.730. The second-order valence-electron chi connectivity index (χ2n) is 6.23. The van der Waals surface area contributed by atoms with Crippen LogP contribution in [0.5, 0.6) is 0 Å². The molecule has 2 nitrogen and oxygen atoms in total. The summed E-state index contributed by atoms with van der Waals surface area (Å²) in [6.45, 7) is 6.71. The van der Waals surface area contributed by atoms with Crippen LogP contribution in [0.2, 0.25) is 5.02 Å². The van der Waals surface area contributed by atoms with Gasteiger partial charge in [0.25, 0.3) is 0 Å². The molecule has 1 saturated heterocycles. The second-order valence-corrected chi connectivity index (χ2v) is 6.64. The van der Waals surface area contributed by atoms with E-state index in [4.69, 9.17) is 11.6 Å². The molecular weight excluding hydrogens is 256 g/mol. The van der Waals surface area contributed by atoms with Gasteiger partial charge in [-0.1, -0.05) is 24.6 Å². The van der Waals surface area contributed by atoms with Gasteiger partial charge in [-0.3, -0.25) is 0 Å². The van der Waals surface area contributed by atoms with Crippen LogP contribution in [-0.2, 0) is 6.54 Å². The minimum atomic E-state index is 0.619. The number of nitrogens with one attached hydrogen (secondary N) is 1. The van der Waals surface area contributed by atoms with Crippen molar-refractivity contribution in [2.45, 2.75) is 51.7 Å². The Bertz CT molecular complexity index is 456. The van der Waals surface area contributed by atoms with E-state index in [0.717, 1.165) is 30.1 Å². The van der Waals surface area contributed by atoms with E-state index in [1.54, 1.807) is 0 Å². The van der Waals surface area contributed by atoms with Crippen LogP contribution in [0.1, 0.15) is 38.7 Å². The third-order valence-electron chi connectivity index (χ3n) is 4.33. The van der Waals surface area contributed by atoms with Crippen molar-refractivity contribution in [3.8, 4) is 0 Å². The zero-order valence-corrected chi connectivity index (χ0v) is 12.6. The maximum atomic E-state index is 6.43. The first-order valence-electron chi connectivity index (χ1n) is 7.42. The number of rotatable bonds is 4. The normalized spacial score (nSPS) is 27.0. The standard InChI is InChI=1S/C16H23ClN2/c1-11-8-12(2)19(10-11)16-5-3-4-15(17)14(16)9-18-13-6-7-13/h3-5,11-13,18H,6-10H2,1-2H3. The van der Waals surface area contributed by atoms with E-state index >= 15 is 0 Å². The minimum absolute atomic E-state index is 0.619. The molecule has 3 rings (SSSR count). The maximum absolute atomic E-state index is 6.43. The first kappa shape index (κ1) is 13.3. The summed E-state index contributed by atoms with van der Waals surface area (Å²) in [7, 11) is 0. The van der Waals surface area contributed by atoms with Crippen LogP contribution in [0, 0.1) is 5.92 Å². The molecule has 0 spiro atoms. The summed E-state index contributed by atoms with van der Waals surface area (Å²) in [5.41, 5.74) is 2.61. The highest BCUT2D eigenvalue weighted by atomic mass is 35.5. The zero-order valence-electron chi connectivity index (χ0n) is 11.8. The first-order chi connectivity index (χ1) is 9.15. The molecule has 2 fully saturated rings. The molecular formula is C16H23ClN2. The Morgan fingerprint density at radius 1 is 1.32 bits per heavy atom. The molecule has 1 N–H and O–H groups in total. The van der Waals surface area contributed by atoms with Crippen molar-refractivity contribution < 1.29 is 0 Å². The number of hydrogen-bond acceptors (Lipinski definition) is 2. The van der Waals surface area contributed by atoms with Gasteiger partial charge in [0, 0.05) is 41.4 Å². The Balaban J connectivity index is 1.84. The van der Waals surface area contributed by atoms with Crippen LogP contribution in [0.25, 0.3) is 0 Å². The Labute approximate surface area is 121 Å². The SMILES string of the molecule is CC1CC(C)N(c2cccc(Cl)c2CNC2CC2)C1. The highest BCUT2D eigenvalue weighted by Crippen LogP contribution is 2.34. The number of anilines is 1. The first-order valence-corrected chi connectivity index (χ1v) is 7.80. The van der Waals surface area contributed by atoms with Gasteiger partial charge in [0.1, 0.15) is 0 Å². The Morgan fingerprint density at radius 3 is 2.74 bits per heavy atom. The second kappa shape index (κ2) is 5.34. The molecule has 19 heavy (non-hydrogen) atoms. The topological polar surface area (TPSA) is 15.3 Å². The van der Waals surface area contributed by atoms with Gasteiger partial charge < -0.3 is 10.2 Å². The zero-order chi connectivity index (χ0) is 13.4. The van der Waals surface area contributed by atoms with Gasteiger partial charge in [-0.05, 0) is 44.2 Å². The molecule has 1 aromatic rings. The maximum Gasteiger partial charge on any atom is 0.0471 e. The molecule has 0 amide bonds. The van der Waals surface area contributed by atoms with Gasteiger partial charge in [-0.25, -0.2) is 0 Å². The number of nitrogens with zero attached hydrogens (tertiary/aromatic N) is 1. The van der Waals surface area contributed by atoms with Crippen molar-refractivity contribution in [1.29, 1.82) is 0 Å². The Morgan fingerprint density at radius 2 is 2.11 bits per heavy atom. The van der Waals surface area contributed by atoms with Crippen molar-refractivity contribution in [2.24, 2.45) is 5.92 Å². The lowest BCUT2D eigenvalue weighted by Gasteiger charge is -2.27. The van der Waals surface area contributed by atoms with Crippen molar-refractivity contribution in [1.82, 2.24) is 5.32 Å². The molecule has 2 atom stereocenters. The van der Waals surface area contributed by atoms with Gasteiger partial charge in [-0.15, -0.1) is 0 Å². The van der Waals surface area contributed by atoms with Crippen LogP contribution < -0.4 is 10.2 Å². The van der Waals surface area contributed by atoms with Crippen LogP contribution >= 0.6 is 11.6 Å². The predicted octanol–water partition coefficient (Wildman–Crippen LogP) is 3.83. The van der Waals surface area contributed by atoms with Crippen LogP contribution in [0.15, 0.2) is 18.2 Å². The molecule has 2 aliphatic rings. The monoisotopic (exact) mass is 278 g/mol. The van der Waals surface area contributed by atoms with E-state index in [0.29, 0.717) is 6.04 Å². The molecule has 1 heterocycles. The van der Waals surface area contributed by atoms with E-state index in [2.05, 4.69) is 36.2 Å². The van der Waals surface area contributed by atoms with E-state index in [1.165, 1.54) is 30.5 Å². The molecule has 3 heteroatoms. The quantitative estimate of drug-likeness (QED) is 0.901. The molecule has 2 unspecified atom stereocenters. The smallest absolute Gasteiger partial charge is 0.0471 e. The van der Waals surface area contributed by atoms with Crippen molar-refractivity contribution in [2.75, 3.05) is 11.4 Å². The molecule has 1 aliphatic carbocycles. The van der Waals surface area contributed by atoms with Crippen LogP contribution in [0.3, 0.4) is 0 Å². The summed E-state index contributed by atoms with van der Waals surface area (Å²) in [5, 5.41) is 4.49. The molecule has 1 saturated carbocycles. The van der Waals surface area contributed by atoms with Gasteiger partial charge in [0.2, 0.25) is 0 Å². The number of hydrogen-bond donors (Lipinski definition) is 1. The highest BCUT2D eigenvalue weighted by molar-refractivity contribution is 6.31. The summed E-state index contributed by atoms with van der Waals surface area (Å²) in [5.74, 6) is 0.776. The van der Waals surface area contributed by atoms with Crippen molar-refractivity contribution in [3.63, 3.8) is 0 Å². The molecule has 0 aromatic heterocycles. The Kier molecular flexibility index (Phi) is 3.72. The lowest BCUT2D eigenvalue weighted by atomic mass is 10.1. The molecule has 0 radical (unpaired) electrons. The average Bonchev–Trinajstić information content (AvgIpc) is 3.12. The van der Waals surface area contributed by atoms with E-state index in [9.17, 15) is 0 Å². The third-order valence-corrected chi connectivity index (χ3v) is 4.69. The molecule has 1 aliphatic heterocycles. The van der Waals surface area contributed by atoms with Crippen LogP contribution in [0.4, 0.5) is 5.69 Å². The minimum Gasteiger partial charge on any atom is -0.368 e. The van der Waals surface area contributed by atoms with Gasteiger partial charge in [0.05, 0.1) is 0 Å². The van der Waals surface area contributed by atoms with E-state index < -0.39 is 0 Å². The number of halogens is 1. The van der Waals surface area contributed by atoms with Crippen molar-refractivity contribution >= 4 is 17.3 Å². The fourth-order valence-corrected chi connectivity index (χ4v) is 3.40. The fraction of sp³-hybridized carbons (Fsp3) is 0.625. The van der Waals surface area contributed by atoms with E-state index in [1.807, 2.05) is 6.07 Å². The lowest BCUT2D eigenvalue weighted by Crippen LogP contribution is -2.29. The largest absolute Gasteiger partial charge is 0.368 e. The van der Waals surface area contributed by atoms with Gasteiger partial charge in [0.15, 0.2) is 0 Å². The van der Waals surface area contributed by atoms with E-state index in [-0.39, 0.29) is 0 Å². The summed E-state index contributed by atoms with van der Waals surface area (Å²) in [6, 6.07) is 7.66. The summed E-state index contributed by atoms with van der Waals surface area (Å²) in [6.07, 6.45) is 3.91. The van der Waals surface area contributed by atoms with Gasteiger partial charge >= 0.3 is 0 Å². The van der Waals surface area contributed by atoms with Crippen LogP contribution in [-0.4, -0.2) is 18.6 Å². The van der Waals surface area contributed by atoms with Gasteiger partial charge in [-0.2, -0.15) is 0 Å². The fourth-order valence-electron chi connectivity index (χ4n) is 3.16. The summed E-state index contributed by atoms with van der Waals surface area (Å²) < 4.78 is 0. The average molecular weight is 279 g/mol. The lowest BCUT2D eigenvalue weighted by molar-refractivity contribution is 0.625. The summed E-state index contributed by atoms with van der Waals surface area (Å²) in [4.78, 5) is 2.53. The predicted molar refractivity (Wildman–Crippen MR) is 81.9 cm³/mol.